The summed E-state index contributed by atoms with van der Waals surface area (Å²) in [5.74, 6) is -1.12. The molecule has 1 aromatic carbocycles. The van der Waals surface area contributed by atoms with E-state index in [-0.39, 0.29) is 17.7 Å². The molecule has 1 fully saturated rings. The van der Waals surface area contributed by atoms with E-state index in [4.69, 9.17) is 33.0 Å². The number of aromatic nitrogens is 3. The number of halogens is 2. The first-order valence-electron chi connectivity index (χ1n) is 7.05. The lowest BCUT2D eigenvalue weighted by Crippen LogP contribution is -2.38. The van der Waals surface area contributed by atoms with Gasteiger partial charge in [-0.05, 0) is 18.2 Å². The summed E-state index contributed by atoms with van der Waals surface area (Å²) in [7, 11) is 0. The number of carboxylic acid groups (broad SMARTS) is 1. The van der Waals surface area contributed by atoms with E-state index in [1.807, 2.05) is 6.07 Å². The molecule has 0 radical (unpaired) electrons. The highest BCUT2D eigenvalue weighted by Crippen LogP contribution is 2.31. The van der Waals surface area contributed by atoms with Gasteiger partial charge >= 0.3 is 5.97 Å². The van der Waals surface area contributed by atoms with Crippen molar-refractivity contribution in [2.24, 2.45) is 0 Å². The van der Waals surface area contributed by atoms with Gasteiger partial charge in [-0.1, -0.05) is 33.5 Å². The molecule has 3 rings (SSSR count). The maximum absolute atomic E-state index is 11.0. The second kappa shape index (κ2) is 6.64. The molecule has 122 valence electrons. The number of aromatic carboxylic acids is 1. The number of carbonyl (C=O) groups is 1. The fraction of sp³-hybridized carbons (Fsp3) is 0.357. The SMILES string of the molecule is O=C(O)c1[nH]nnc1OC1CCN(c2cc(Cl)ccc2Cl)CC1. The van der Waals surface area contributed by atoms with Crippen LogP contribution in [0.4, 0.5) is 5.69 Å². The minimum atomic E-state index is -1.15. The lowest BCUT2D eigenvalue weighted by Gasteiger charge is -2.33. The standard InChI is InChI=1S/C14H14Cl2N4O3/c15-8-1-2-10(16)11(7-8)20-5-3-9(4-6-20)23-13-12(14(21)22)17-19-18-13/h1-2,7,9H,3-6H2,(H,21,22)(H,17,18,19). The Morgan fingerprint density at radius 3 is 2.78 bits per heavy atom. The Morgan fingerprint density at radius 1 is 1.35 bits per heavy atom. The van der Waals surface area contributed by atoms with Gasteiger partial charge in [0.05, 0.1) is 10.7 Å². The van der Waals surface area contributed by atoms with Gasteiger partial charge in [-0.15, -0.1) is 0 Å². The van der Waals surface area contributed by atoms with Crippen LogP contribution in [0.5, 0.6) is 5.88 Å². The largest absolute Gasteiger partial charge is 0.476 e. The van der Waals surface area contributed by atoms with E-state index in [9.17, 15) is 4.79 Å². The number of piperidine rings is 1. The van der Waals surface area contributed by atoms with Crippen molar-refractivity contribution in [1.82, 2.24) is 15.4 Å². The first-order chi connectivity index (χ1) is 11.0. The molecule has 1 saturated heterocycles. The topological polar surface area (TPSA) is 91.3 Å². The van der Waals surface area contributed by atoms with Crippen molar-refractivity contribution in [2.45, 2.75) is 18.9 Å². The summed E-state index contributed by atoms with van der Waals surface area (Å²) in [4.78, 5) is 13.1. The van der Waals surface area contributed by atoms with Crippen LogP contribution >= 0.6 is 23.2 Å². The Balaban J connectivity index is 1.63. The molecule has 1 aliphatic heterocycles. The van der Waals surface area contributed by atoms with Crippen LogP contribution in [-0.4, -0.2) is 45.7 Å². The van der Waals surface area contributed by atoms with Crippen LogP contribution in [-0.2, 0) is 0 Å². The van der Waals surface area contributed by atoms with E-state index in [1.54, 1.807) is 12.1 Å². The van der Waals surface area contributed by atoms with Crippen LogP contribution in [0, 0.1) is 0 Å². The van der Waals surface area contributed by atoms with Gasteiger partial charge in [0.15, 0.2) is 0 Å². The average molecular weight is 357 g/mol. The zero-order chi connectivity index (χ0) is 16.4. The van der Waals surface area contributed by atoms with Crippen LogP contribution < -0.4 is 9.64 Å². The van der Waals surface area contributed by atoms with Crippen molar-refractivity contribution in [2.75, 3.05) is 18.0 Å². The van der Waals surface area contributed by atoms with E-state index in [0.717, 1.165) is 31.6 Å². The predicted octanol–water partition coefficient (Wildman–Crippen LogP) is 2.86. The van der Waals surface area contributed by atoms with Crippen LogP contribution in [0.2, 0.25) is 10.0 Å². The second-order valence-electron chi connectivity index (χ2n) is 5.20. The van der Waals surface area contributed by atoms with Crippen molar-refractivity contribution in [3.63, 3.8) is 0 Å². The lowest BCUT2D eigenvalue weighted by molar-refractivity contribution is 0.0680. The van der Waals surface area contributed by atoms with Crippen molar-refractivity contribution in [3.8, 4) is 5.88 Å². The predicted molar refractivity (Wildman–Crippen MR) is 85.7 cm³/mol. The highest BCUT2D eigenvalue weighted by Gasteiger charge is 2.25. The molecule has 2 N–H and O–H groups in total. The quantitative estimate of drug-likeness (QED) is 0.874. The number of hydrogen-bond donors (Lipinski definition) is 2. The van der Waals surface area contributed by atoms with Gasteiger partial charge in [-0.2, -0.15) is 0 Å². The number of benzene rings is 1. The van der Waals surface area contributed by atoms with Crippen molar-refractivity contribution in [1.29, 1.82) is 0 Å². The van der Waals surface area contributed by atoms with Gasteiger partial charge in [0, 0.05) is 31.0 Å². The number of carboxylic acids is 1. The van der Waals surface area contributed by atoms with E-state index in [0.29, 0.717) is 10.0 Å². The van der Waals surface area contributed by atoms with E-state index < -0.39 is 5.97 Å². The number of aromatic amines is 1. The van der Waals surface area contributed by atoms with Gasteiger partial charge in [0.25, 0.3) is 5.88 Å². The lowest BCUT2D eigenvalue weighted by atomic mass is 10.1. The van der Waals surface area contributed by atoms with E-state index in [2.05, 4.69) is 20.3 Å². The number of ether oxygens (including phenoxy) is 1. The number of hydrogen-bond acceptors (Lipinski definition) is 5. The summed E-state index contributed by atoms with van der Waals surface area (Å²) in [6.45, 7) is 1.45. The number of H-pyrrole nitrogens is 1. The molecule has 0 bridgehead atoms. The third-order valence-corrected chi connectivity index (χ3v) is 4.25. The molecule has 2 aromatic rings. The number of anilines is 1. The average Bonchev–Trinajstić information content (AvgIpc) is 2.99. The maximum Gasteiger partial charge on any atom is 0.359 e. The summed E-state index contributed by atoms with van der Waals surface area (Å²) < 4.78 is 5.65. The first-order valence-corrected chi connectivity index (χ1v) is 7.81. The zero-order valence-electron chi connectivity index (χ0n) is 12.0. The molecule has 23 heavy (non-hydrogen) atoms. The molecule has 1 aromatic heterocycles. The molecule has 7 nitrogen and oxygen atoms in total. The molecule has 0 atom stereocenters. The van der Waals surface area contributed by atoms with Gasteiger partial charge in [-0.3, -0.25) is 0 Å². The summed E-state index contributed by atoms with van der Waals surface area (Å²) in [5.41, 5.74) is 0.760. The fourth-order valence-electron chi connectivity index (χ4n) is 2.54. The fourth-order valence-corrected chi connectivity index (χ4v) is 2.94. The van der Waals surface area contributed by atoms with Crippen molar-refractivity contribution < 1.29 is 14.6 Å². The summed E-state index contributed by atoms with van der Waals surface area (Å²) in [6.07, 6.45) is 1.32. The number of nitrogens with zero attached hydrogens (tertiary/aromatic N) is 3. The smallest absolute Gasteiger partial charge is 0.359 e. The Bertz CT molecular complexity index is 714. The van der Waals surface area contributed by atoms with Gasteiger partial charge in [-0.25, -0.2) is 9.89 Å². The molecule has 2 heterocycles. The summed E-state index contributed by atoms with van der Waals surface area (Å²) in [6, 6.07) is 5.36. The molecule has 0 amide bonds. The molecular formula is C14H14Cl2N4O3. The van der Waals surface area contributed by atoms with Gasteiger partial charge < -0.3 is 14.7 Å². The minimum absolute atomic E-state index is 0.0248. The molecule has 1 aliphatic rings. The van der Waals surface area contributed by atoms with Crippen LogP contribution in [0.1, 0.15) is 23.3 Å². The first kappa shape index (κ1) is 15.9. The summed E-state index contributed by atoms with van der Waals surface area (Å²) in [5, 5.41) is 19.7. The normalized spacial score (nSPS) is 15.7. The highest BCUT2D eigenvalue weighted by molar-refractivity contribution is 6.35. The third-order valence-electron chi connectivity index (χ3n) is 3.70. The van der Waals surface area contributed by atoms with E-state index in [1.165, 1.54) is 0 Å². The molecule has 0 spiro atoms. The molecule has 9 heteroatoms. The Hall–Kier alpha value is -1.99. The van der Waals surface area contributed by atoms with Crippen LogP contribution in [0.25, 0.3) is 0 Å². The van der Waals surface area contributed by atoms with Gasteiger partial charge in [0.1, 0.15) is 6.10 Å². The van der Waals surface area contributed by atoms with Crippen molar-refractivity contribution in [3.05, 3.63) is 33.9 Å². The third kappa shape index (κ3) is 3.51. The van der Waals surface area contributed by atoms with E-state index >= 15 is 0 Å². The summed E-state index contributed by atoms with van der Waals surface area (Å²) >= 11 is 12.2. The minimum Gasteiger partial charge on any atom is -0.476 e. The number of rotatable bonds is 4. The zero-order valence-corrected chi connectivity index (χ0v) is 13.5. The Morgan fingerprint density at radius 2 is 2.09 bits per heavy atom. The second-order valence-corrected chi connectivity index (χ2v) is 6.04. The Kier molecular flexibility index (Phi) is 4.58. The Labute approximate surface area is 142 Å². The molecule has 0 saturated carbocycles. The van der Waals surface area contributed by atoms with Crippen molar-refractivity contribution >= 4 is 34.9 Å². The van der Waals surface area contributed by atoms with Crippen LogP contribution in [0.3, 0.4) is 0 Å². The molecule has 0 aliphatic carbocycles. The maximum atomic E-state index is 11.0. The monoisotopic (exact) mass is 356 g/mol. The molecular weight excluding hydrogens is 343 g/mol. The molecule has 0 unspecified atom stereocenters. The highest BCUT2D eigenvalue weighted by atomic mass is 35.5. The number of nitrogens with one attached hydrogen (secondary N) is 1. The van der Waals surface area contributed by atoms with Crippen LogP contribution in [0.15, 0.2) is 18.2 Å². The van der Waals surface area contributed by atoms with Gasteiger partial charge in [0.2, 0.25) is 5.69 Å².